The van der Waals surface area contributed by atoms with Gasteiger partial charge in [-0.3, -0.25) is 9.59 Å². The first kappa shape index (κ1) is 15.0. The fourth-order valence-electron chi connectivity index (χ4n) is 2.24. The number of hydrogen-bond donors (Lipinski definition) is 3. The Bertz CT molecular complexity index is 275. The van der Waals surface area contributed by atoms with E-state index in [0.717, 1.165) is 32.4 Å². The highest BCUT2D eigenvalue weighted by molar-refractivity contribution is 5.77. The molecule has 0 spiro atoms. The van der Waals surface area contributed by atoms with Crippen LogP contribution >= 0.6 is 0 Å². The van der Waals surface area contributed by atoms with Gasteiger partial charge in [0.05, 0.1) is 5.92 Å². The lowest BCUT2D eigenvalue weighted by molar-refractivity contribution is -0.141. The molecule has 1 heterocycles. The number of carbonyl (C=O) groups is 2. The highest BCUT2D eigenvalue weighted by Gasteiger charge is 2.17. The average molecular weight is 256 g/mol. The van der Waals surface area contributed by atoms with Crippen molar-refractivity contribution in [3.05, 3.63) is 0 Å². The van der Waals surface area contributed by atoms with Crippen LogP contribution in [0.4, 0.5) is 0 Å². The van der Waals surface area contributed by atoms with Crippen LogP contribution in [0.25, 0.3) is 0 Å². The Balaban J connectivity index is 2.14. The van der Waals surface area contributed by atoms with E-state index in [-0.39, 0.29) is 12.5 Å². The number of nitrogens with one attached hydrogen (secondary N) is 2. The Labute approximate surface area is 108 Å². The maximum atomic E-state index is 11.6. The van der Waals surface area contributed by atoms with Gasteiger partial charge in [0.15, 0.2) is 0 Å². The van der Waals surface area contributed by atoms with E-state index in [0.29, 0.717) is 18.8 Å². The van der Waals surface area contributed by atoms with Crippen molar-refractivity contribution in [2.45, 2.75) is 39.0 Å². The molecule has 1 unspecified atom stereocenters. The zero-order valence-corrected chi connectivity index (χ0v) is 11.1. The molecular weight excluding hydrogens is 232 g/mol. The second-order valence-corrected chi connectivity index (χ2v) is 4.98. The molecule has 104 valence electrons. The molecule has 1 aliphatic heterocycles. The molecule has 0 aromatic heterocycles. The monoisotopic (exact) mass is 256 g/mol. The standard InChI is InChI=1S/C13H24N2O3/c1-2-11(13(17)18)9-15-12(16)4-3-10-5-7-14-8-6-10/h10-11,14H,2-9H2,1H3,(H,15,16)(H,17,18). The maximum absolute atomic E-state index is 11.6. The summed E-state index contributed by atoms with van der Waals surface area (Å²) in [5, 5.41) is 14.9. The number of amides is 1. The molecule has 5 nitrogen and oxygen atoms in total. The molecule has 0 aromatic rings. The van der Waals surface area contributed by atoms with E-state index >= 15 is 0 Å². The maximum Gasteiger partial charge on any atom is 0.308 e. The number of rotatable bonds is 7. The van der Waals surface area contributed by atoms with E-state index in [1.807, 2.05) is 6.92 Å². The van der Waals surface area contributed by atoms with Gasteiger partial charge in [-0.2, -0.15) is 0 Å². The third-order valence-electron chi connectivity index (χ3n) is 3.63. The summed E-state index contributed by atoms with van der Waals surface area (Å²) in [6.45, 7) is 4.16. The summed E-state index contributed by atoms with van der Waals surface area (Å²) in [6, 6.07) is 0. The van der Waals surface area contributed by atoms with Crippen LogP contribution in [0.5, 0.6) is 0 Å². The summed E-state index contributed by atoms with van der Waals surface area (Å²) >= 11 is 0. The minimum absolute atomic E-state index is 0.0202. The zero-order valence-electron chi connectivity index (χ0n) is 11.1. The average Bonchev–Trinajstić information content (AvgIpc) is 2.38. The summed E-state index contributed by atoms with van der Waals surface area (Å²) in [5.41, 5.74) is 0. The van der Waals surface area contributed by atoms with Gasteiger partial charge in [-0.25, -0.2) is 0 Å². The van der Waals surface area contributed by atoms with E-state index in [4.69, 9.17) is 5.11 Å². The molecule has 3 N–H and O–H groups in total. The van der Waals surface area contributed by atoms with E-state index in [9.17, 15) is 9.59 Å². The zero-order chi connectivity index (χ0) is 13.4. The van der Waals surface area contributed by atoms with E-state index in [1.54, 1.807) is 0 Å². The SMILES string of the molecule is CCC(CNC(=O)CCC1CCNCC1)C(=O)O. The molecule has 0 aliphatic carbocycles. The predicted octanol–water partition coefficient (Wildman–Crippen LogP) is 0.993. The van der Waals surface area contributed by atoms with Gasteiger partial charge in [-0.15, -0.1) is 0 Å². The molecule has 0 aromatic carbocycles. The molecule has 0 radical (unpaired) electrons. The molecule has 1 atom stereocenters. The molecule has 5 heteroatoms. The van der Waals surface area contributed by atoms with Crippen molar-refractivity contribution in [3.8, 4) is 0 Å². The minimum atomic E-state index is -0.837. The van der Waals surface area contributed by atoms with Crippen LogP contribution < -0.4 is 10.6 Å². The Kier molecular flexibility index (Phi) is 6.72. The summed E-state index contributed by atoms with van der Waals surface area (Å²) in [7, 11) is 0. The highest BCUT2D eigenvalue weighted by Crippen LogP contribution is 2.17. The van der Waals surface area contributed by atoms with Crippen LogP contribution in [0.3, 0.4) is 0 Å². The Morgan fingerprint density at radius 1 is 1.39 bits per heavy atom. The van der Waals surface area contributed by atoms with E-state index in [2.05, 4.69) is 10.6 Å². The van der Waals surface area contributed by atoms with Gasteiger partial charge < -0.3 is 15.7 Å². The van der Waals surface area contributed by atoms with Crippen molar-refractivity contribution in [1.29, 1.82) is 0 Å². The molecule has 1 amide bonds. The third-order valence-corrected chi connectivity index (χ3v) is 3.63. The van der Waals surface area contributed by atoms with Crippen molar-refractivity contribution in [3.63, 3.8) is 0 Å². The first-order valence-electron chi connectivity index (χ1n) is 6.83. The van der Waals surface area contributed by atoms with Crippen LogP contribution in [0, 0.1) is 11.8 Å². The molecule has 0 saturated carbocycles. The molecule has 1 aliphatic rings. The topological polar surface area (TPSA) is 78.4 Å². The third kappa shape index (κ3) is 5.49. The normalized spacial score (nSPS) is 18.3. The molecule has 1 fully saturated rings. The highest BCUT2D eigenvalue weighted by atomic mass is 16.4. The fourth-order valence-corrected chi connectivity index (χ4v) is 2.24. The predicted molar refractivity (Wildman–Crippen MR) is 69.3 cm³/mol. The van der Waals surface area contributed by atoms with Gasteiger partial charge in [0, 0.05) is 13.0 Å². The molecule has 1 saturated heterocycles. The van der Waals surface area contributed by atoms with Crippen LogP contribution in [0.1, 0.15) is 39.0 Å². The lowest BCUT2D eigenvalue weighted by Crippen LogP contribution is -2.33. The van der Waals surface area contributed by atoms with Crippen LogP contribution in [-0.4, -0.2) is 36.6 Å². The number of carbonyl (C=O) groups excluding carboxylic acids is 1. The lowest BCUT2D eigenvalue weighted by Gasteiger charge is -2.22. The number of piperidine rings is 1. The quantitative estimate of drug-likeness (QED) is 0.635. The van der Waals surface area contributed by atoms with Crippen molar-refractivity contribution in [1.82, 2.24) is 10.6 Å². The van der Waals surface area contributed by atoms with E-state index < -0.39 is 11.9 Å². The van der Waals surface area contributed by atoms with Gasteiger partial charge in [0.2, 0.25) is 5.91 Å². The number of hydrogen-bond acceptors (Lipinski definition) is 3. The Morgan fingerprint density at radius 3 is 2.61 bits per heavy atom. The number of aliphatic carboxylic acids is 1. The molecule has 18 heavy (non-hydrogen) atoms. The van der Waals surface area contributed by atoms with E-state index in [1.165, 1.54) is 0 Å². The molecular formula is C13H24N2O3. The molecule has 0 bridgehead atoms. The van der Waals surface area contributed by atoms with Crippen LogP contribution in [0.15, 0.2) is 0 Å². The first-order chi connectivity index (χ1) is 8.63. The Morgan fingerprint density at radius 2 is 2.06 bits per heavy atom. The summed E-state index contributed by atoms with van der Waals surface area (Å²) in [6.07, 6.45) is 4.25. The van der Waals surface area contributed by atoms with Crippen LogP contribution in [-0.2, 0) is 9.59 Å². The summed E-state index contributed by atoms with van der Waals surface area (Å²) in [5.74, 6) is -0.685. The first-order valence-corrected chi connectivity index (χ1v) is 6.83. The van der Waals surface area contributed by atoms with Gasteiger partial charge in [-0.05, 0) is 44.7 Å². The largest absolute Gasteiger partial charge is 0.481 e. The smallest absolute Gasteiger partial charge is 0.308 e. The van der Waals surface area contributed by atoms with Crippen molar-refractivity contribution >= 4 is 11.9 Å². The lowest BCUT2D eigenvalue weighted by atomic mass is 9.93. The Hall–Kier alpha value is -1.10. The summed E-state index contributed by atoms with van der Waals surface area (Å²) in [4.78, 5) is 22.4. The van der Waals surface area contributed by atoms with Gasteiger partial charge >= 0.3 is 5.97 Å². The fraction of sp³-hybridized carbons (Fsp3) is 0.846. The van der Waals surface area contributed by atoms with Gasteiger partial charge in [-0.1, -0.05) is 6.92 Å². The van der Waals surface area contributed by atoms with Crippen molar-refractivity contribution in [2.24, 2.45) is 11.8 Å². The van der Waals surface area contributed by atoms with Gasteiger partial charge in [0.25, 0.3) is 0 Å². The molecule has 1 rings (SSSR count). The number of carboxylic acids is 1. The van der Waals surface area contributed by atoms with Crippen LogP contribution in [0.2, 0.25) is 0 Å². The number of carboxylic acid groups (broad SMARTS) is 1. The minimum Gasteiger partial charge on any atom is -0.481 e. The van der Waals surface area contributed by atoms with Crippen molar-refractivity contribution < 1.29 is 14.7 Å². The van der Waals surface area contributed by atoms with Crippen molar-refractivity contribution in [2.75, 3.05) is 19.6 Å². The second kappa shape index (κ2) is 8.08. The summed E-state index contributed by atoms with van der Waals surface area (Å²) < 4.78 is 0. The second-order valence-electron chi connectivity index (χ2n) is 4.98. The van der Waals surface area contributed by atoms with Gasteiger partial charge in [0.1, 0.15) is 0 Å².